The third-order valence-corrected chi connectivity index (χ3v) is 5.61. The number of carbonyl (C=O) groups excluding carboxylic acids is 1. The van der Waals surface area contributed by atoms with Gasteiger partial charge in [-0.25, -0.2) is 0 Å². The van der Waals surface area contributed by atoms with Gasteiger partial charge in [0, 0.05) is 13.5 Å². The van der Waals surface area contributed by atoms with Gasteiger partial charge < -0.3 is 5.32 Å². The quantitative estimate of drug-likeness (QED) is 0.831. The largest absolute Gasteiger partial charge is 0.359 e. The molecule has 18 heavy (non-hydrogen) atoms. The molecule has 0 aromatic heterocycles. The summed E-state index contributed by atoms with van der Waals surface area (Å²) in [5.74, 6) is 3.80. The van der Waals surface area contributed by atoms with Crippen LogP contribution in [-0.2, 0) is 4.79 Å². The Bertz CT molecular complexity index is 356. The zero-order valence-corrected chi connectivity index (χ0v) is 11.1. The summed E-state index contributed by atoms with van der Waals surface area (Å²) in [5, 5.41) is 12.1. The number of nitrogens with zero attached hydrogens (tertiary/aromatic N) is 1. The summed E-state index contributed by atoms with van der Waals surface area (Å²) < 4.78 is 0. The van der Waals surface area contributed by atoms with Crippen LogP contribution in [-0.4, -0.2) is 13.0 Å². The van der Waals surface area contributed by atoms with E-state index < -0.39 is 0 Å². The first-order valence-electron chi connectivity index (χ1n) is 7.31. The number of hydrogen-bond donors (Lipinski definition) is 1. The smallest absolute Gasteiger partial charge is 0.221 e. The van der Waals surface area contributed by atoms with E-state index in [0.29, 0.717) is 12.3 Å². The lowest BCUT2D eigenvalue weighted by Gasteiger charge is -2.55. The van der Waals surface area contributed by atoms with Crippen molar-refractivity contribution < 1.29 is 4.79 Å². The standard InChI is InChI=1S/C15H22N2O/c1-17-14(18)7-13(8-16)15-11-3-9-2-10(5-11)6-12(15)4-9/h9-13,15H,2-7H2,1H3,(H,17,18). The number of rotatable bonds is 3. The van der Waals surface area contributed by atoms with Gasteiger partial charge in [-0.2, -0.15) is 5.26 Å². The Balaban J connectivity index is 1.75. The van der Waals surface area contributed by atoms with Crippen LogP contribution >= 0.6 is 0 Å². The van der Waals surface area contributed by atoms with Crippen LogP contribution in [0.25, 0.3) is 0 Å². The maximum atomic E-state index is 11.6. The third kappa shape index (κ3) is 1.92. The van der Waals surface area contributed by atoms with Crippen molar-refractivity contribution in [2.24, 2.45) is 35.5 Å². The topological polar surface area (TPSA) is 52.9 Å². The SMILES string of the molecule is CNC(=O)CC(C#N)C1C2CC3CC(C2)CC1C3. The molecule has 4 bridgehead atoms. The average molecular weight is 246 g/mol. The summed E-state index contributed by atoms with van der Waals surface area (Å²) in [7, 11) is 1.66. The molecule has 0 aromatic rings. The van der Waals surface area contributed by atoms with Crippen molar-refractivity contribution in [2.45, 2.75) is 38.5 Å². The Hall–Kier alpha value is -1.04. The lowest BCUT2D eigenvalue weighted by atomic mass is 9.49. The number of nitrogens with one attached hydrogen (secondary N) is 1. The van der Waals surface area contributed by atoms with Crippen molar-refractivity contribution >= 4 is 5.91 Å². The van der Waals surface area contributed by atoms with Crippen LogP contribution in [0.4, 0.5) is 0 Å². The first-order chi connectivity index (χ1) is 8.71. The summed E-state index contributed by atoms with van der Waals surface area (Å²) in [6.45, 7) is 0. The molecule has 4 fully saturated rings. The van der Waals surface area contributed by atoms with E-state index in [-0.39, 0.29) is 11.8 Å². The van der Waals surface area contributed by atoms with Crippen LogP contribution < -0.4 is 5.32 Å². The molecule has 0 saturated heterocycles. The van der Waals surface area contributed by atoms with Crippen molar-refractivity contribution in [1.29, 1.82) is 5.26 Å². The van der Waals surface area contributed by atoms with Gasteiger partial charge in [0.15, 0.2) is 0 Å². The molecule has 0 heterocycles. The Morgan fingerprint density at radius 2 is 1.78 bits per heavy atom. The van der Waals surface area contributed by atoms with Crippen LogP contribution in [0, 0.1) is 46.8 Å². The Morgan fingerprint density at radius 3 is 2.22 bits per heavy atom. The molecular formula is C15H22N2O. The summed E-state index contributed by atoms with van der Waals surface area (Å²) in [4.78, 5) is 11.6. The maximum absolute atomic E-state index is 11.6. The second kappa shape index (κ2) is 4.57. The zero-order chi connectivity index (χ0) is 12.7. The molecule has 1 atom stereocenters. The molecule has 4 aliphatic rings. The lowest BCUT2D eigenvalue weighted by Crippen LogP contribution is -2.48. The summed E-state index contributed by atoms with van der Waals surface area (Å²) in [6, 6.07) is 2.43. The molecule has 0 aliphatic heterocycles. The minimum absolute atomic E-state index is 0.0235. The van der Waals surface area contributed by atoms with Gasteiger partial charge in [-0.1, -0.05) is 0 Å². The average Bonchev–Trinajstić information content (AvgIpc) is 2.35. The van der Waals surface area contributed by atoms with Gasteiger partial charge >= 0.3 is 0 Å². The van der Waals surface area contributed by atoms with Crippen LogP contribution in [0.3, 0.4) is 0 Å². The van der Waals surface area contributed by atoms with Gasteiger partial charge in [0.1, 0.15) is 0 Å². The Kier molecular flexibility index (Phi) is 3.05. The van der Waals surface area contributed by atoms with Gasteiger partial charge in [-0.15, -0.1) is 0 Å². The minimum Gasteiger partial charge on any atom is -0.359 e. The summed E-state index contributed by atoms with van der Waals surface area (Å²) in [6.07, 6.45) is 7.13. The molecule has 4 rings (SSSR count). The molecule has 1 N–H and O–H groups in total. The highest BCUT2D eigenvalue weighted by Crippen LogP contribution is 2.58. The molecule has 1 amide bonds. The van der Waals surface area contributed by atoms with Crippen molar-refractivity contribution in [3.05, 3.63) is 0 Å². The van der Waals surface area contributed by atoms with E-state index in [4.69, 9.17) is 0 Å². The van der Waals surface area contributed by atoms with E-state index in [1.165, 1.54) is 32.1 Å². The minimum atomic E-state index is -0.0556. The van der Waals surface area contributed by atoms with E-state index >= 15 is 0 Å². The Morgan fingerprint density at radius 1 is 1.22 bits per heavy atom. The molecule has 4 saturated carbocycles. The maximum Gasteiger partial charge on any atom is 0.221 e. The second-order valence-electron chi connectivity index (χ2n) is 6.62. The van der Waals surface area contributed by atoms with Crippen molar-refractivity contribution in [2.75, 3.05) is 7.05 Å². The van der Waals surface area contributed by atoms with Gasteiger partial charge in [0.2, 0.25) is 5.91 Å². The predicted octanol–water partition coefficient (Wildman–Crippen LogP) is 2.33. The normalized spacial score (nSPS) is 42.3. The molecule has 0 spiro atoms. The predicted molar refractivity (Wildman–Crippen MR) is 68.3 cm³/mol. The first kappa shape index (κ1) is 12.0. The van der Waals surface area contributed by atoms with E-state index in [1.54, 1.807) is 7.05 Å². The first-order valence-corrected chi connectivity index (χ1v) is 7.31. The second-order valence-corrected chi connectivity index (χ2v) is 6.62. The van der Waals surface area contributed by atoms with Crippen LogP contribution in [0.1, 0.15) is 38.5 Å². The highest BCUT2D eigenvalue weighted by atomic mass is 16.1. The van der Waals surface area contributed by atoms with Crippen molar-refractivity contribution in [1.82, 2.24) is 5.32 Å². The van der Waals surface area contributed by atoms with Crippen molar-refractivity contribution in [3.63, 3.8) is 0 Å². The summed E-state index contributed by atoms with van der Waals surface area (Å²) >= 11 is 0. The fourth-order valence-corrected chi connectivity index (χ4v) is 5.19. The van der Waals surface area contributed by atoms with Gasteiger partial charge in [-0.3, -0.25) is 4.79 Å². The highest BCUT2D eigenvalue weighted by Gasteiger charge is 2.50. The van der Waals surface area contributed by atoms with Crippen LogP contribution in [0.15, 0.2) is 0 Å². The number of hydrogen-bond acceptors (Lipinski definition) is 2. The van der Waals surface area contributed by atoms with Gasteiger partial charge in [-0.05, 0) is 61.7 Å². The van der Waals surface area contributed by atoms with E-state index in [1.807, 2.05) is 0 Å². The Labute approximate surface area is 109 Å². The van der Waals surface area contributed by atoms with E-state index in [2.05, 4.69) is 11.4 Å². The highest BCUT2D eigenvalue weighted by molar-refractivity contribution is 5.76. The molecule has 3 heteroatoms. The zero-order valence-electron chi connectivity index (χ0n) is 11.1. The fourth-order valence-electron chi connectivity index (χ4n) is 5.19. The van der Waals surface area contributed by atoms with E-state index in [0.717, 1.165) is 23.7 Å². The van der Waals surface area contributed by atoms with Crippen molar-refractivity contribution in [3.8, 4) is 6.07 Å². The molecule has 1 unspecified atom stereocenters. The molecule has 98 valence electrons. The molecular weight excluding hydrogens is 224 g/mol. The number of amides is 1. The molecule has 0 radical (unpaired) electrons. The monoisotopic (exact) mass is 246 g/mol. The molecule has 4 aliphatic carbocycles. The lowest BCUT2D eigenvalue weighted by molar-refractivity contribution is -0.123. The number of nitriles is 1. The van der Waals surface area contributed by atoms with Gasteiger partial charge in [0.25, 0.3) is 0 Å². The van der Waals surface area contributed by atoms with Gasteiger partial charge in [0.05, 0.1) is 12.0 Å². The third-order valence-electron chi connectivity index (χ3n) is 5.61. The molecule has 0 aromatic carbocycles. The summed E-state index contributed by atoms with van der Waals surface area (Å²) in [5.41, 5.74) is 0. The van der Waals surface area contributed by atoms with E-state index in [9.17, 15) is 10.1 Å². The molecule has 3 nitrogen and oxygen atoms in total. The van der Waals surface area contributed by atoms with Crippen LogP contribution in [0.5, 0.6) is 0 Å². The van der Waals surface area contributed by atoms with Crippen LogP contribution in [0.2, 0.25) is 0 Å². The number of carbonyl (C=O) groups is 1. The fraction of sp³-hybridized carbons (Fsp3) is 0.867.